The number of nitrogens with one attached hydrogen (secondary N) is 1. The van der Waals surface area contributed by atoms with E-state index in [1.807, 2.05) is 39.0 Å². The van der Waals surface area contributed by atoms with Crippen LogP contribution in [0.2, 0.25) is 0 Å². The van der Waals surface area contributed by atoms with Gasteiger partial charge in [0.05, 0.1) is 6.61 Å². The molecule has 0 aliphatic heterocycles. The van der Waals surface area contributed by atoms with Gasteiger partial charge in [-0.25, -0.2) is 0 Å². The van der Waals surface area contributed by atoms with Crippen molar-refractivity contribution in [2.24, 2.45) is 11.8 Å². The summed E-state index contributed by atoms with van der Waals surface area (Å²) in [6, 6.07) is 0.413. The van der Waals surface area contributed by atoms with Gasteiger partial charge in [-0.15, -0.1) is 0 Å². The fourth-order valence-corrected chi connectivity index (χ4v) is 4.21. The number of carbonyl (C=O) groups excluding carboxylic acids is 1. The van der Waals surface area contributed by atoms with E-state index in [-0.39, 0.29) is 5.91 Å². The minimum Gasteiger partial charge on any atom is -0.381 e. The van der Waals surface area contributed by atoms with Gasteiger partial charge in [0.2, 0.25) is 5.91 Å². The van der Waals surface area contributed by atoms with Crippen molar-refractivity contribution in [3.05, 3.63) is 36.5 Å². The van der Waals surface area contributed by atoms with Gasteiger partial charge < -0.3 is 10.1 Å². The van der Waals surface area contributed by atoms with Crippen molar-refractivity contribution in [2.45, 2.75) is 111 Å². The normalized spacial score (nSPS) is 19.2. The Hall–Kier alpha value is -1.35. The Bertz CT molecular complexity index is 507. The zero-order valence-corrected chi connectivity index (χ0v) is 21.3. The van der Waals surface area contributed by atoms with Gasteiger partial charge in [-0.3, -0.25) is 4.79 Å². The summed E-state index contributed by atoms with van der Waals surface area (Å²) in [5.74, 6) is 1.81. The Morgan fingerprint density at radius 2 is 1.84 bits per heavy atom. The molecule has 2 atom stereocenters. The Kier molecular flexibility index (Phi) is 19.7. The number of carbonyl (C=O) groups is 1. The molecule has 31 heavy (non-hydrogen) atoms. The Balaban J connectivity index is 0.00000436. The summed E-state index contributed by atoms with van der Waals surface area (Å²) in [6.07, 6.45) is 20.2. The second kappa shape index (κ2) is 20.5. The summed E-state index contributed by atoms with van der Waals surface area (Å²) in [7, 11) is 0. The molecule has 1 N–H and O–H groups in total. The van der Waals surface area contributed by atoms with Crippen molar-refractivity contribution in [3.63, 3.8) is 0 Å². The quantitative estimate of drug-likeness (QED) is 0.211. The van der Waals surface area contributed by atoms with Crippen LogP contribution < -0.4 is 5.32 Å². The second-order valence-electron chi connectivity index (χ2n) is 8.92. The first kappa shape index (κ1) is 29.7. The Labute approximate surface area is 193 Å². The van der Waals surface area contributed by atoms with E-state index in [1.165, 1.54) is 31.3 Å². The van der Waals surface area contributed by atoms with Crippen molar-refractivity contribution in [1.82, 2.24) is 5.32 Å². The fraction of sp³-hybridized carbons (Fsp3) is 0.750. The molecule has 0 aromatic carbocycles. The Morgan fingerprint density at radius 3 is 2.52 bits per heavy atom. The lowest BCUT2D eigenvalue weighted by atomic mass is 9.81. The summed E-state index contributed by atoms with van der Waals surface area (Å²) < 4.78 is 5.72. The minimum atomic E-state index is 0.251. The van der Waals surface area contributed by atoms with Gasteiger partial charge >= 0.3 is 0 Å². The first-order valence-electron chi connectivity index (χ1n) is 12.9. The highest BCUT2D eigenvalue weighted by molar-refractivity contribution is 5.76. The highest BCUT2D eigenvalue weighted by atomic mass is 16.5. The molecule has 1 aliphatic carbocycles. The Morgan fingerprint density at radius 1 is 1.10 bits per heavy atom. The molecule has 0 spiro atoms. The standard InChI is InChI=1S/C26H45NO2.C2H6/c1-5-7-13-23(6-2)17-19-29-18-11-9-8-10-16-26(28)27-25-15-12-14-24(21-25)20-22(3)4;1-2/h5-7,13,22,24-25H,2,8-12,14-21H2,1,3-4H3,(H,27,28);1-2H3/b7-5-,23-13+;. The lowest BCUT2D eigenvalue weighted by Crippen LogP contribution is -2.38. The van der Waals surface area contributed by atoms with Gasteiger partial charge in [-0.1, -0.05) is 84.3 Å². The SMILES string of the molecule is C=C/C(=C\C=C/C)CCOCCCCCCC(=O)NC1CCCC(CC(C)C)C1.CC. The van der Waals surface area contributed by atoms with Gasteiger partial charge in [0.25, 0.3) is 0 Å². The molecule has 3 heteroatoms. The topological polar surface area (TPSA) is 38.3 Å². The van der Waals surface area contributed by atoms with E-state index in [0.717, 1.165) is 63.6 Å². The average molecular weight is 434 g/mol. The van der Waals surface area contributed by atoms with Crippen LogP contribution >= 0.6 is 0 Å². The van der Waals surface area contributed by atoms with Crippen LogP contribution in [0.15, 0.2) is 36.5 Å². The summed E-state index contributed by atoms with van der Waals surface area (Å²) in [6.45, 7) is 16.0. The number of rotatable bonds is 15. The molecule has 1 aliphatic rings. The summed E-state index contributed by atoms with van der Waals surface area (Å²) in [4.78, 5) is 12.2. The van der Waals surface area contributed by atoms with E-state index < -0.39 is 0 Å². The van der Waals surface area contributed by atoms with Gasteiger partial charge in [-0.05, 0) is 62.9 Å². The van der Waals surface area contributed by atoms with Crippen LogP contribution in [0.5, 0.6) is 0 Å². The average Bonchev–Trinajstić information content (AvgIpc) is 2.75. The maximum Gasteiger partial charge on any atom is 0.220 e. The molecule has 0 aromatic rings. The van der Waals surface area contributed by atoms with Gasteiger partial charge in [0.1, 0.15) is 0 Å². The van der Waals surface area contributed by atoms with E-state index in [4.69, 9.17) is 4.74 Å². The van der Waals surface area contributed by atoms with Crippen LogP contribution in [0.4, 0.5) is 0 Å². The first-order chi connectivity index (χ1) is 15.0. The number of ether oxygens (including phenoxy) is 1. The lowest BCUT2D eigenvalue weighted by molar-refractivity contribution is -0.122. The van der Waals surface area contributed by atoms with Crippen LogP contribution in [0.25, 0.3) is 0 Å². The molecule has 1 amide bonds. The highest BCUT2D eigenvalue weighted by Crippen LogP contribution is 2.29. The number of hydrogen-bond acceptors (Lipinski definition) is 2. The van der Waals surface area contributed by atoms with E-state index in [1.54, 1.807) is 0 Å². The van der Waals surface area contributed by atoms with Crippen molar-refractivity contribution in [3.8, 4) is 0 Å². The van der Waals surface area contributed by atoms with Crippen LogP contribution in [0.3, 0.4) is 0 Å². The van der Waals surface area contributed by atoms with Crippen molar-refractivity contribution < 1.29 is 9.53 Å². The smallest absolute Gasteiger partial charge is 0.220 e. The molecule has 180 valence electrons. The van der Waals surface area contributed by atoms with E-state index in [2.05, 4.69) is 31.8 Å². The number of amides is 1. The number of unbranched alkanes of at least 4 members (excludes halogenated alkanes) is 3. The van der Waals surface area contributed by atoms with E-state index in [0.29, 0.717) is 12.5 Å². The summed E-state index contributed by atoms with van der Waals surface area (Å²) >= 11 is 0. The fourth-order valence-electron chi connectivity index (χ4n) is 4.21. The molecule has 0 saturated heterocycles. The summed E-state index contributed by atoms with van der Waals surface area (Å²) in [5, 5.41) is 3.29. The molecular formula is C28H51NO2. The predicted octanol–water partition coefficient (Wildman–Crippen LogP) is 7.78. The molecule has 1 rings (SSSR count). The maximum absolute atomic E-state index is 12.2. The molecule has 1 fully saturated rings. The third kappa shape index (κ3) is 16.9. The monoisotopic (exact) mass is 433 g/mol. The largest absolute Gasteiger partial charge is 0.381 e. The number of hydrogen-bond donors (Lipinski definition) is 1. The molecule has 1 saturated carbocycles. The number of allylic oxidation sites excluding steroid dienone is 4. The van der Waals surface area contributed by atoms with E-state index >= 15 is 0 Å². The van der Waals surface area contributed by atoms with Gasteiger partial charge in [0.15, 0.2) is 0 Å². The molecule has 3 nitrogen and oxygen atoms in total. The van der Waals surface area contributed by atoms with Crippen molar-refractivity contribution >= 4 is 5.91 Å². The van der Waals surface area contributed by atoms with Crippen LogP contribution in [0, 0.1) is 11.8 Å². The van der Waals surface area contributed by atoms with E-state index in [9.17, 15) is 4.79 Å². The predicted molar refractivity (Wildman–Crippen MR) is 136 cm³/mol. The molecule has 2 unspecified atom stereocenters. The van der Waals surface area contributed by atoms with Crippen LogP contribution in [0.1, 0.15) is 105 Å². The van der Waals surface area contributed by atoms with Gasteiger partial charge in [-0.2, -0.15) is 0 Å². The van der Waals surface area contributed by atoms with Crippen LogP contribution in [-0.4, -0.2) is 25.2 Å². The highest BCUT2D eigenvalue weighted by Gasteiger charge is 2.23. The molecular weight excluding hydrogens is 382 g/mol. The van der Waals surface area contributed by atoms with Crippen molar-refractivity contribution in [1.29, 1.82) is 0 Å². The lowest BCUT2D eigenvalue weighted by Gasteiger charge is -2.30. The van der Waals surface area contributed by atoms with Crippen molar-refractivity contribution in [2.75, 3.05) is 13.2 Å². The maximum atomic E-state index is 12.2. The first-order valence-corrected chi connectivity index (χ1v) is 12.9. The molecule has 0 heterocycles. The molecule has 0 bridgehead atoms. The third-order valence-electron chi connectivity index (χ3n) is 5.70. The molecule has 0 radical (unpaired) electrons. The zero-order chi connectivity index (χ0) is 23.3. The third-order valence-corrected chi connectivity index (χ3v) is 5.70. The van der Waals surface area contributed by atoms with Gasteiger partial charge in [0, 0.05) is 19.1 Å². The van der Waals surface area contributed by atoms with Crippen LogP contribution in [-0.2, 0) is 9.53 Å². The zero-order valence-electron chi connectivity index (χ0n) is 21.3. The second-order valence-corrected chi connectivity index (χ2v) is 8.92. The minimum absolute atomic E-state index is 0.251. The molecule has 0 aromatic heterocycles. The summed E-state index contributed by atoms with van der Waals surface area (Å²) in [5.41, 5.74) is 1.21.